The van der Waals surface area contributed by atoms with Crippen LogP contribution in [0.3, 0.4) is 0 Å². The van der Waals surface area contributed by atoms with Gasteiger partial charge in [-0.25, -0.2) is 8.78 Å². The summed E-state index contributed by atoms with van der Waals surface area (Å²) in [5.74, 6) is -4.09. The van der Waals surface area contributed by atoms with Crippen LogP contribution in [0, 0.1) is 17.5 Å². The summed E-state index contributed by atoms with van der Waals surface area (Å²) in [4.78, 5) is 0. The van der Waals surface area contributed by atoms with Crippen molar-refractivity contribution in [2.45, 2.75) is 11.9 Å². The molecule has 0 saturated carbocycles. The zero-order valence-corrected chi connectivity index (χ0v) is 14.7. The van der Waals surface area contributed by atoms with Gasteiger partial charge in [0.05, 0.1) is 0 Å². The van der Waals surface area contributed by atoms with Gasteiger partial charge in [0.1, 0.15) is 6.61 Å². The van der Waals surface area contributed by atoms with Crippen molar-refractivity contribution >= 4 is 15.9 Å². The van der Waals surface area contributed by atoms with Gasteiger partial charge in [0.2, 0.25) is 5.82 Å². The fourth-order valence-electron chi connectivity index (χ4n) is 2.49. The Bertz CT molecular complexity index is 882. The van der Waals surface area contributed by atoms with Crippen molar-refractivity contribution in [1.29, 1.82) is 0 Å². The highest BCUT2D eigenvalue weighted by molar-refractivity contribution is 9.08. The average molecular weight is 407 g/mol. The second-order valence-corrected chi connectivity index (χ2v) is 6.03. The quantitative estimate of drug-likeness (QED) is 0.359. The van der Waals surface area contributed by atoms with Gasteiger partial charge in [-0.3, -0.25) is 0 Å². The predicted octanol–water partition coefficient (Wildman–Crippen LogP) is 6.24. The van der Waals surface area contributed by atoms with Crippen molar-refractivity contribution in [3.63, 3.8) is 0 Å². The van der Waals surface area contributed by atoms with E-state index in [1.165, 1.54) is 0 Å². The second kappa shape index (κ2) is 7.74. The first-order valence-electron chi connectivity index (χ1n) is 7.59. The van der Waals surface area contributed by atoms with Crippen LogP contribution in [-0.2, 0) is 11.9 Å². The number of benzene rings is 3. The van der Waals surface area contributed by atoms with Gasteiger partial charge >= 0.3 is 0 Å². The maximum absolute atomic E-state index is 14.7. The van der Waals surface area contributed by atoms with Crippen LogP contribution in [-0.4, -0.2) is 0 Å². The van der Waals surface area contributed by atoms with E-state index in [9.17, 15) is 13.2 Å². The molecule has 0 N–H and O–H groups in total. The number of ether oxygens (including phenoxy) is 1. The zero-order chi connectivity index (χ0) is 17.8. The molecule has 0 aliphatic heterocycles. The molecule has 0 saturated heterocycles. The number of hydrogen-bond acceptors (Lipinski definition) is 1. The summed E-state index contributed by atoms with van der Waals surface area (Å²) in [5, 5.41) is 0.654. The van der Waals surface area contributed by atoms with Crippen LogP contribution in [0.25, 0.3) is 11.1 Å². The van der Waals surface area contributed by atoms with E-state index in [0.717, 1.165) is 17.2 Å². The van der Waals surface area contributed by atoms with Crippen LogP contribution in [0.2, 0.25) is 0 Å². The molecule has 0 radical (unpaired) electrons. The zero-order valence-electron chi connectivity index (χ0n) is 13.1. The molecule has 0 amide bonds. The Balaban J connectivity index is 1.94. The molecule has 0 spiro atoms. The Labute approximate surface area is 152 Å². The lowest BCUT2D eigenvalue weighted by Crippen LogP contribution is -2.03. The summed E-state index contributed by atoms with van der Waals surface area (Å²) in [6, 6.07) is 16.6. The Morgan fingerprint density at radius 1 is 0.800 bits per heavy atom. The van der Waals surface area contributed by atoms with Crippen molar-refractivity contribution < 1.29 is 17.9 Å². The van der Waals surface area contributed by atoms with Gasteiger partial charge in [0, 0.05) is 10.9 Å². The molecule has 3 rings (SSSR count). The lowest BCUT2D eigenvalue weighted by atomic mass is 10.0. The van der Waals surface area contributed by atoms with Crippen molar-refractivity contribution in [2.75, 3.05) is 0 Å². The molecule has 3 aromatic carbocycles. The number of alkyl halides is 1. The van der Waals surface area contributed by atoms with Crippen LogP contribution in [0.5, 0.6) is 5.75 Å². The molecule has 0 aliphatic rings. The maximum Gasteiger partial charge on any atom is 0.203 e. The molecule has 0 fully saturated rings. The van der Waals surface area contributed by atoms with E-state index in [1.807, 2.05) is 18.2 Å². The molecule has 25 heavy (non-hydrogen) atoms. The van der Waals surface area contributed by atoms with Gasteiger partial charge in [-0.05, 0) is 22.8 Å². The van der Waals surface area contributed by atoms with E-state index in [2.05, 4.69) is 15.9 Å². The Morgan fingerprint density at radius 3 is 2.24 bits per heavy atom. The van der Waals surface area contributed by atoms with Crippen LogP contribution in [0.15, 0.2) is 60.7 Å². The van der Waals surface area contributed by atoms with Crippen molar-refractivity contribution in [3.05, 3.63) is 89.2 Å². The van der Waals surface area contributed by atoms with Crippen molar-refractivity contribution in [3.8, 4) is 16.9 Å². The van der Waals surface area contributed by atoms with Crippen LogP contribution >= 0.6 is 15.9 Å². The lowest BCUT2D eigenvalue weighted by molar-refractivity contribution is 0.269. The van der Waals surface area contributed by atoms with Gasteiger partial charge < -0.3 is 4.74 Å². The summed E-state index contributed by atoms with van der Waals surface area (Å²) < 4.78 is 48.0. The molecule has 3 aromatic rings. The van der Waals surface area contributed by atoms with E-state index >= 15 is 0 Å². The molecule has 0 bridgehead atoms. The fraction of sp³-hybridized carbons (Fsp3) is 0.100. The highest BCUT2D eigenvalue weighted by Crippen LogP contribution is 2.33. The topological polar surface area (TPSA) is 9.23 Å². The highest BCUT2D eigenvalue weighted by atomic mass is 79.9. The molecule has 128 valence electrons. The SMILES string of the molecule is Fc1cc(-c2ccccc2)c(F)c(OCc2cccc(CBr)c2)c1F. The monoisotopic (exact) mass is 406 g/mol. The number of halogens is 4. The van der Waals surface area contributed by atoms with Gasteiger partial charge in [-0.1, -0.05) is 70.5 Å². The molecule has 5 heteroatoms. The third kappa shape index (κ3) is 3.87. The molecule has 0 aromatic heterocycles. The summed E-state index contributed by atoms with van der Waals surface area (Å²) in [6.07, 6.45) is 0. The van der Waals surface area contributed by atoms with Crippen LogP contribution < -0.4 is 4.74 Å². The summed E-state index contributed by atoms with van der Waals surface area (Å²) >= 11 is 3.35. The normalized spacial score (nSPS) is 10.7. The number of hydrogen-bond donors (Lipinski definition) is 0. The molecule has 0 aliphatic carbocycles. The van der Waals surface area contributed by atoms with Crippen molar-refractivity contribution in [1.82, 2.24) is 0 Å². The van der Waals surface area contributed by atoms with Gasteiger partial charge in [-0.15, -0.1) is 0 Å². The third-order valence-electron chi connectivity index (χ3n) is 3.73. The first-order chi connectivity index (χ1) is 12.1. The van der Waals surface area contributed by atoms with Gasteiger partial charge in [-0.2, -0.15) is 4.39 Å². The molecular formula is C20H14BrF3O. The van der Waals surface area contributed by atoms with Crippen molar-refractivity contribution in [2.24, 2.45) is 0 Å². The minimum absolute atomic E-state index is 0.0382. The standard InChI is InChI=1S/C20H14BrF3O/c21-11-13-5-4-6-14(9-13)12-25-20-18(23)16(10-17(22)19(20)24)15-7-2-1-3-8-15/h1-10H,11-12H2. The van der Waals surface area contributed by atoms with E-state index in [-0.39, 0.29) is 12.2 Å². The van der Waals surface area contributed by atoms with Crippen LogP contribution in [0.4, 0.5) is 13.2 Å². The number of rotatable bonds is 5. The molecule has 0 heterocycles. The summed E-state index contributed by atoms with van der Waals surface area (Å²) in [7, 11) is 0. The fourth-order valence-corrected chi connectivity index (χ4v) is 2.84. The minimum atomic E-state index is -1.33. The van der Waals surface area contributed by atoms with Gasteiger partial charge in [0.25, 0.3) is 0 Å². The van der Waals surface area contributed by atoms with Crippen LogP contribution in [0.1, 0.15) is 11.1 Å². The molecule has 0 atom stereocenters. The summed E-state index contributed by atoms with van der Waals surface area (Å²) in [6.45, 7) is -0.0631. The maximum atomic E-state index is 14.7. The Hall–Kier alpha value is -2.27. The van der Waals surface area contributed by atoms with E-state index in [4.69, 9.17) is 4.74 Å². The van der Waals surface area contributed by atoms with E-state index < -0.39 is 23.2 Å². The minimum Gasteiger partial charge on any atom is -0.483 e. The third-order valence-corrected chi connectivity index (χ3v) is 4.38. The molecule has 0 unspecified atom stereocenters. The Kier molecular flexibility index (Phi) is 5.43. The lowest BCUT2D eigenvalue weighted by Gasteiger charge is -2.13. The highest BCUT2D eigenvalue weighted by Gasteiger charge is 2.21. The first kappa shape index (κ1) is 17.5. The van der Waals surface area contributed by atoms with Gasteiger partial charge in [0.15, 0.2) is 17.4 Å². The van der Waals surface area contributed by atoms with E-state index in [1.54, 1.807) is 36.4 Å². The predicted molar refractivity (Wildman–Crippen MR) is 95.2 cm³/mol. The molecule has 1 nitrogen and oxygen atoms in total. The summed E-state index contributed by atoms with van der Waals surface area (Å²) in [5.41, 5.74) is 2.15. The Morgan fingerprint density at radius 2 is 1.52 bits per heavy atom. The smallest absolute Gasteiger partial charge is 0.203 e. The largest absolute Gasteiger partial charge is 0.483 e. The second-order valence-electron chi connectivity index (χ2n) is 5.47. The van der Waals surface area contributed by atoms with E-state index in [0.29, 0.717) is 10.9 Å². The average Bonchev–Trinajstić information content (AvgIpc) is 2.65. The first-order valence-corrected chi connectivity index (χ1v) is 8.71. The molecular weight excluding hydrogens is 393 g/mol.